The molecule has 3 heterocycles. The third kappa shape index (κ3) is 2.84. The minimum Gasteiger partial charge on any atom is -0.472 e. The Morgan fingerprint density at radius 3 is 3.04 bits per heavy atom. The van der Waals surface area contributed by atoms with Gasteiger partial charge in [0.2, 0.25) is 0 Å². The number of furan rings is 1. The highest BCUT2D eigenvalue weighted by atomic mass is 16.3. The predicted molar refractivity (Wildman–Crippen MR) is 87.2 cm³/mol. The van der Waals surface area contributed by atoms with E-state index >= 15 is 0 Å². The molecule has 0 aliphatic heterocycles. The van der Waals surface area contributed by atoms with Crippen LogP contribution < -0.4 is 5.32 Å². The maximum Gasteiger partial charge on any atom is 0.318 e. The summed E-state index contributed by atoms with van der Waals surface area (Å²) in [5.74, 6) is 0.720. The number of carbonyl (C=O) groups is 1. The average molecular weight is 325 g/mol. The van der Waals surface area contributed by atoms with Gasteiger partial charge in [-0.1, -0.05) is 6.07 Å². The molecule has 1 saturated carbocycles. The van der Waals surface area contributed by atoms with Crippen LogP contribution in [0.3, 0.4) is 0 Å². The molecule has 4 rings (SSSR count). The van der Waals surface area contributed by atoms with Gasteiger partial charge in [-0.15, -0.1) is 10.2 Å². The van der Waals surface area contributed by atoms with Crippen molar-refractivity contribution in [2.45, 2.75) is 38.4 Å². The molecule has 3 aromatic rings. The number of amides is 2. The topological polar surface area (TPSA) is 75.7 Å². The first-order valence-corrected chi connectivity index (χ1v) is 8.10. The molecule has 1 aliphatic carbocycles. The molecule has 7 nitrogen and oxygen atoms in total. The van der Waals surface area contributed by atoms with Crippen LogP contribution in [0.25, 0.3) is 5.65 Å². The van der Waals surface area contributed by atoms with E-state index in [1.54, 1.807) is 12.5 Å². The van der Waals surface area contributed by atoms with Crippen LogP contribution in [0.1, 0.15) is 37.2 Å². The summed E-state index contributed by atoms with van der Waals surface area (Å²) in [5, 5.41) is 11.4. The van der Waals surface area contributed by atoms with Crippen molar-refractivity contribution in [1.82, 2.24) is 24.8 Å². The number of pyridine rings is 1. The van der Waals surface area contributed by atoms with Crippen molar-refractivity contribution in [3.63, 3.8) is 0 Å². The van der Waals surface area contributed by atoms with Gasteiger partial charge >= 0.3 is 6.03 Å². The van der Waals surface area contributed by atoms with Gasteiger partial charge in [0.25, 0.3) is 0 Å². The fourth-order valence-corrected chi connectivity index (χ4v) is 2.82. The van der Waals surface area contributed by atoms with Crippen LogP contribution >= 0.6 is 0 Å². The van der Waals surface area contributed by atoms with Gasteiger partial charge < -0.3 is 14.6 Å². The lowest BCUT2D eigenvalue weighted by Gasteiger charge is -2.24. The Bertz CT molecular complexity index is 838. The van der Waals surface area contributed by atoms with Gasteiger partial charge in [0, 0.05) is 17.8 Å². The Morgan fingerprint density at radius 2 is 2.29 bits per heavy atom. The maximum absolute atomic E-state index is 12.7. The van der Waals surface area contributed by atoms with E-state index in [1.807, 2.05) is 46.7 Å². The van der Waals surface area contributed by atoms with Crippen molar-refractivity contribution >= 4 is 11.7 Å². The highest BCUT2D eigenvalue weighted by Crippen LogP contribution is 2.29. The maximum atomic E-state index is 12.7. The van der Waals surface area contributed by atoms with E-state index in [0.717, 1.165) is 29.9 Å². The molecule has 1 unspecified atom stereocenters. The minimum absolute atomic E-state index is 0.0844. The van der Waals surface area contributed by atoms with E-state index in [-0.39, 0.29) is 12.1 Å². The number of carbonyl (C=O) groups excluding carboxylic acids is 1. The molecule has 24 heavy (non-hydrogen) atoms. The molecule has 0 radical (unpaired) electrons. The normalized spacial score (nSPS) is 15.4. The highest BCUT2D eigenvalue weighted by Gasteiger charge is 2.33. The van der Waals surface area contributed by atoms with Gasteiger partial charge in [0.05, 0.1) is 25.1 Å². The molecular formula is C17H19N5O2. The van der Waals surface area contributed by atoms with Crippen LogP contribution in [-0.2, 0) is 6.54 Å². The van der Waals surface area contributed by atoms with Gasteiger partial charge in [-0.25, -0.2) is 4.79 Å². The third-order valence-electron chi connectivity index (χ3n) is 4.25. The van der Waals surface area contributed by atoms with E-state index in [2.05, 4.69) is 15.5 Å². The summed E-state index contributed by atoms with van der Waals surface area (Å²) < 4.78 is 6.99. The molecule has 7 heteroatoms. The summed E-state index contributed by atoms with van der Waals surface area (Å²) in [4.78, 5) is 14.6. The Hall–Kier alpha value is -2.83. The Balaban J connectivity index is 1.49. The smallest absolute Gasteiger partial charge is 0.318 e. The second kappa shape index (κ2) is 5.99. The standard InChI is InChI=1S/C17H19N5O2/c1-12(16-20-19-15-4-2-3-8-21(15)16)18-17(23)22(14-5-6-14)10-13-7-9-24-11-13/h2-4,7-9,11-12,14H,5-6,10H2,1H3,(H,18,23). The van der Waals surface area contributed by atoms with Crippen LogP contribution in [0.4, 0.5) is 4.79 Å². The SMILES string of the molecule is CC(NC(=O)N(Cc1ccoc1)C1CC1)c1nnc2ccccn12. The van der Waals surface area contributed by atoms with E-state index in [4.69, 9.17) is 4.42 Å². The molecule has 3 aromatic heterocycles. The van der Waals surface area contributed by atoms with E-state index in [1.165, 1.54) is 0 Å². The van der Waals surface area contributed by atoms with Crippen LogP contribution in [-0.4, -0.2) is 31.6 Å². The first-order valence-electron chi connectivity index (χ1n) is 8.10. The van der Waals surface area contributed by atoms with Crippen LogP contribution in [0.5, 0.6) is 0 Å². The molecule has 1 fully saturated rings. The minimum atomic E-state index is -0.236. The molecule has 1 atom stereocenters. The zero-order chi connectivity index (χ0) is 16.5. The number of urea groups is 1. The summed E-state index contributed by atoms with van der Waals surface area (Å²) in [6.45, 7) is 2.48. The number of hydrogen-bond acceptors (Lipinski definition) is 4. The van der Waals surface area contributed by atoms with Crippen LogP contribution in [0.2, 0.25) is 0 Å². The van der Waals surface area contributed by atoms with Crippen molar-refractivity contribution in [2.24, 2.45) is 0 Å². The Morgan fingerprint density at radius 1 is 1.42 bits per heavy atom. The second-order valence-corrected chi connectivity index (χ2v) is 6.15. The number of fused-ring (bicyclic) bond motifs is 1. The van der Waals surface area contributed by atoms with Crippen molar-refractivity contribution in [1.29, 1.82) is 0 Å². The molecular weight excluding hydrogens is 306 g/mol. The summed E-state index contributed by atoms with van der Waals surface area (Å²) in [7, 11) is 0. The highest BCUT2D eigenvalue weighted by molar-refractivity contribution is 5.75. The third-order valence-corrected chi connectivity index (χ3v) is 4.25. The summed E-state index contributed by atoms with van der Waals surface area (Å²) in [6.07, 6.45) is 7.31. The van der Waals surface area contributed by atoms with E-state index in [0.29, 0.717) is 12.6 Å². The Labute approximate surface area is 139 Å². The number of nitrogens with one attached hydrogen (secondary N) is 1. The molecule has 124 valence electrons. The van der Waals surface area contributed by atoms with E-state index in [9.17, 15) is 4.79 Å². The summed E-state index contributed by atoms with van der Waals surface area (Å²) in [5.41, 5.74) is 1.77. The quantitative estimate of drug-likeness (QED) is 0.782. The van der Waals surface area contributed by atoms with Crippen molar-refractivity contribution in [2.75, 3.05) is 0 Å². The van der Waals surface area contributed by atoms with Crippen LogP contribution in [0.15, 0.2) is 47.4 Å². The fraction of sp³-hybridized carbons (Fsp3) is 0.353. The van der Waals surface area contributed by atoms with Crippen molar-refractivity contribution < 1.29 is 9.21 Å². The molecule has 2 amide bonds. The van der Waals surface area contributed by atoms with Crippen molar-refractivity contribution in [3.8, 4) is 0 Å². The van der Waals surface area contributed by atoms with Gasteiger partial charge in [0.15, 0.2) is 11.5 Å². The molecule has 0 spiro atoms. The zero-order valence-electron chi connectivity index (χ0n) is 13.4. The van der Waals surface area contributed by atoms with Crippen molar-refractivity contribution in [3.05, 3.63) is 54.4 Å². The summed E-state index contributed by atoms with van der Waals surface area (Å²) >= 11 is 0. The first kappa shape index (κ1) is 14.7. The number of nitrogens with zero attached hydrogens (tertiary/aromatic N) is 4. The summed E-state index contributed by atoms with van der Waals surface area (Å²) in [6, 6.07) is 7.60. The fourth-order valence-electron chi connectivity index (χ4n) is 2.82. The Kier molecular flexibility index (Phi) is 3.68. The number of hydrogen-bond donors (Lipinski definition) is 1. The molecule has 0 bridgehead atoms. The predicted octanol–water partition coefficient (Wildman–Crippen LogP) is 2.76. The molecule has 1 aliphatic rings. The molecule has 1 N–H and O–H groups in total. The van der Waals surface area contributed by atoms with Gasteiger partial charge in [-0.2, -0.15) is 0 Å². The van der Waals surface area contributed by atoms with Gasteiger partial charge in [-0.05, 0) is 38.0 Å². The number of rotatable bonds is 5. The second-order valence-electron chi connectivity index (χ2n) is 6.15. The van der Waals surface area contributed by atoms with E-state index < -0.39 is 0 Å². The lowest BCUT2D eigenvalue weighted by Crippen LogP contribution is -2.42. The zero-order valence-corrected chi connectivity index (χ0v) is 13.4. The van der Waals surface area contributed by atoms with Gasteiger partial charge in [0.1, 0.15) is 0 Å². The average Bonchev–Trinajstić information content (AvgIpc) is 3.11. The lowest BCUT2D eigenvalue weighted by atomic mass is 10.3. The number of aromatic nitrogens is 3. The monoisotopic (exact) mass is 325 g/mol. The first-order chi connectivity index (χ1) is 11.7. The largest absolute Gasteiger partial charge is 0.472 e. The van der Waals surface area contributed by atoms with Crippen LogP contribution in [0, 0.1) is 0 Å². The molecule has 0 saturated heterocycles. The van der Waals surface area contributed by atoms with Gasteiger partial charge in [-0.3, -0.25) is 4.40 Å². The lowest BCUT2D eigenvalue weighted by molar-refractivity contribution is 0.188. The molecule has 0 aromatic carbocycles.